The van der Waals surface area contributed by atoms with E-state index in [1.807, 2.05) is 24.3 Å². The van der Waals surface area contributed by atoms with Crippen LogP contribution in [0.3, 0.4) is 0 Å². The third kappa shape index (κ3) is 5.22. The number of halogens is 1. The Hall–Kier alpha value is -2.69. The van der Waals surface area contributed by atoms with Gasteiger partial charge >= 0.3 is 0 Å². The molecule has 0 aromatic heterocycles. The zero-order valence-electron chi connectivity index (χ0n) is 16.9. The van der Waals surface area contributed by atoms with Crippen molar-refractivity contribution in [2.75, 3.05) is 33.3 Å². The lowest BCUT2D eigenvalue weighted by Gasteiger charge is -2.34. The summed E-state index contributed by atoms with van der Waals surface area (Å²) in [4.78, 5) is 4.95. The minimum Gasteiger partial charge on any atom is -0.497 e. The maximum atomic E-state index is 13.1. The molecule has 0 aliphatic carbocycles. The van der Waals surface area contributed by atoms with Crippen LogP contribution >= 0.6 is 0 Å². The van der Waals surface area contributed by atoms with Crippen molar-refractivity contribution >= 4 is 0 Å². The van der Waals surface area contributed by atoms with E-state index in [1.165, 1.54) is 22.3 Å². The second-order valence-corrected chi connectivity index (χ2v) is 7.61. The van der Waals surface area contributed by atoms with Crippen molar-refractivity contribution < 1.29 is 9.13 Å². The molecule has 0 N–H and O–H groups in total. The van der Waals surface area contributed by atoms with Crippen molar-refractivity contribution in [2.24, 2.45) is 0 Å². The van der Waals surface area contributed by atoms with Gasteiger partial charge in [0.15, 0.2) is 0 Å². The Morgan fingerprint density at radius 1 is 0.724 bits per heavy atom. The van der Waals surface area contributed by atoms with Gasteiger partial charge in [-0.2, -0.15) is 0 Å². The molecular formula is C25H27FN2O. The summed E-state index contributed by atoms with van der Waals surface area (Å²) in [5, 5.41) is 0. The van der Waals surface area contributed by atoms with Crippen molar-refractivity contribution in [3.05, 3.63) is 89.7 Å². The number of hydrogen-bond acceptors (Lipinski definition) is 3. The Labute approximate surface area is 172 Å². The highest BCUT2D eigenvalue weighted by molar-refractivity contribution is 5.64. The van der Waals surface area contributed by atoms with Gasteiger partial charge in [-0.1, -0.05) is 42.5 Å². The molecule has 1 heterocycles. The minimum atomic E-state index is -0.171. The maximum Gasteiger partial charge on any atom is 0.123 e. The van der Waals surface area contributed by atoms with Gasteiger partial charge in [-0.15, -0.1) is 0 Å². The molecule has 3 aromatic rings. The lowest BCUT2D eigenvalue weighted by atomic mass is 10.0. The van der Waals surface area contributed by atoms with E-state index in [9.17, 15) is 4.39 Å². The van der Waals surface area contributed by atoms with Gasteiger partial charge < -0.3 is 4.74 Å². The molecule has 150 valence electrons. The fourth-order valence-electron chi connectivity index (χ4n) is 3.84. The Morgan fingerprint density at radius 3 is 1.97 bits per heavy atom. The number of hydrogen-bond donors (Lipinski definition) is 0. The summed E-state index contributed by atoms with van der Waals surface area (Å²) in [7, 11) is 1.69. The highest BCUT2D eigenvalue weighted by atomic mass is 19.1. The third-order valence-corrected chi connectivity index (χ3v) is 5.54. The SMILES string of the molecule is COc1ccc(-c2cccc(CN3CCN(Cc4ccc(F)cc4)CC3)c2)cc1. The first-order chi connectivity index (χ1) is 14.2. The summed E-state index contributed by atoms with van der Waals surface area (Å²) in [6, 6.07) is 23.8. The molecule has 0 atom stereocenters. The molecule has 4 heteroatoms. The van der Waals surface area contributed by atoms with Crippen LogP contribution in [0.2, 0.25) is 0 Å². The normalized spacial score (nSPS) is 15.4. The second kappa shape index (κ2) is 9.21. The van der Waals surface area contributed by atoms with Crippen LogP contribution in [0, 0.1) is 5.82 Å². The smallest absolute Gasteiger partial charge is 0.123 e. The van der Waals surface area contributed by atoms with Crippen molar-refractivity contribution in [2.45, 2.75) is 13.1 Å². The zero-order chi connectivity index (χ0) is 20.1. The topological polar surface area (TPSA) is 15.7 Å². The maximum absolute atomic E-state index is 13.1. The standard InChI is InChI=1S/C25H27FN2O/c1-29-25-11-7-22(8-12-25)23-4-2-3-21(17-23)19-28-15-13-27(14-16-28)18-20-5-9-24(26)10-6-20/h2-12,17H,13-16,18-19H2,1H3. The van der Waals surface area contributed by atoms with Crippen molar-refractivity contribution in [3.63, 3.8) is 0 Å². The van der Waals surface area contributed by atoms with Crippen molar-refractivity contribution in [3.8, 4) is 16.9 Å². The Bertz CT molecular complexity index is 916. The first-order valence-corrected chi connectivity index (χ1v) is 10.1. The van der Waals surface area contributed by atoms with Gasteiger partial charge in [0.25, 0.3) is 0 Å². The molecule has 1 fully saturated rings. The van der Waals surface area contributed by atoms with Gasteiger partial charge in [0, 0.05) is 39.3 Å². The average Bonchev–Trinajstić information content (AvgIpc) is 2.77. The molecule has 3 nitrogen and oxygen atoms in total. The van der Waals surface area contributed by atoms with Crippen LogP contribution in [0.15, 0.2) is 72.8 Å². The predicted octanol–water partition coefficient (Wildman–Crippen LogP) is 4.82. The quantitative estimate of drug-likeness (QED) is 0.600. The summed E-state index contributed by atoms with van der Waals surface area (Å²) in [6.07, 6.45) is 0. The summed E-state index contributed by atoms with van der Waals surface area (Å²) >= 11 is 0. The Kier molecular flexibility index (Phi) is 6.23. The minimum absolute atomic E-state index is 0.171. The molecule has 0 radical (unpaired) electrons. The summed E-state index contributed by atoms with van der Waals surface area (Å²) in [6.45, 7) is 6.03. The number of rotatable bonds is 6. The number of ether oxygens (including phenoxy) is 1. The van der Waals surface area contributed by atoms with E-state index >= 15 is 0 Å². The van der Waals surface area contributed by atoms with E-state index in [2.05, 4.69) is 46.2 Å². The number of piperazine rings is 1. The van der Waals surface area contributed by atoms with E-state index in [1.54, 1.807) is 19.2 Å². The van der Waals surface area contributed by atoms with Crippen LogP contribution in [0.5, 0.6) is 5.75 Å². The molecular weight excluding hydrogens is 363 g/mol. The van der Waals surface area contributed by atoms with Gasteiger partial charge in [0.05, 0.1) is 7.11 Å². The molecule has 4 rings (SSSR count). The molecule has 0 unspecified atom stereocenters. The Balaban J connectivity index is 1.32. The first kappa shape index (κ1) is 19.6. The largest absolute Gasteiger partial charge is 0.497 e. The number of methoxy groups -OCH3 is 1. The molecule has 0 spiro atoms. The molecule has 1 aliphatic heterocycles. The lowest BCUT2D eigenvalue weighted by molar-refractivity contribution is 0.122. The number of nitrogens with zero attached hydrogens (tertiary/aromatic N) is 2. The van der Waals surface area contributed by atoms with Gasteiger partial charge in [-0.25, -0.2) is 4.39 Å². The third-order valence-electron chi connectivity index (χ3n) is 5.54. The van der Waals surface area contributed by atoms with E-state index in [-0.39, 0.29) is 5.82 Å². The molecule has 29 heavy (non-hydrogen) atoms. The highest BCUT2D eigenvalue weighted by Crippen LogP contribution is 2.24. The van der Waals surface area contributed by atoms with E-state index < -0.39 is 0 Å². The number of benzene rings is 3. The summed E-state index contributed by atoms with van der Waals surface area (Å²) in [5.41, 5.74) is 4.95. The van der Waals surface area contributed by atoms with Gasteiger partial charge in [0.2, 0.25) is 0 Å². The fourth-order valence-corrected chi connectivity index (χ4v) is 3.84. The average molecular weight is 391 g/mol. The molecule has 3 aromatic carbocycles. The van der Waals surface area contributed by atoms with Crippen LogP contribution in [0.1, 0.15) is 11.1 Å². The molecule has 1 saturated heterocycles. The molecule has 0 bridgehead atoms. The summed E-state index contributed by atoms with van der Waals surface area (Å²) < 4.78 is 18.3. The molecule has 0 saturated carbocycles. The Morgan fingerprint density at radius 2 is 1.34 bits per heavy atom. The van der Waals surface area contributed by atoms with Crippen LogP contribution in [-0.2, 0) is 13.1 Å². The first-order valence-electron chi connectivity index (χ1n) is 10.1. The highest BCUT2D eigenvalue weighted by Gasteiger charge is 2.17. The van der Waals surface area contributed by atoms with Crippen molar-refractivity contribution in [1.82, 2.24) is 9.80 Å². The lowest BCUT2D eigenvalue weighted by Crippen LogP contribution is -2.45. The van der Waals surface area contributed by atoms with Crippen LogP contribution < -0.4 is 4.74 Å². The molecule has 1 aliphatic rings. The van der Waals surface area contributed by atoms with Crippen molar-refractivity contribution in [1.29, 1.82) is 0 Å². The van der Waals surface area contributed by atoms with Crippen LogP contribution in [-0.4, -0.2) is 43.1 Å². The molecule has 0 amide bonds. The fraction of sp³-hybridized carbons (Fsp3) is 0.280. The predicted molar refractivity (Wildman–Crippen MR) is 115 cm³/mol. The van der Waals surface area contributed by atoms with E-state index in [0.29, 0.717) is 0 Å². The van der Waals surface area contributed by atoms with Gasteiger partial charge in [-0.3, -0.25) is 9.80 Å². The van der Waals surface area contributed by atoms with Crippen LogP contribution in [0.25, 0.3) is 11.1 Å². The zero-order valence-corrected chi connectivity index (χ0v) is 16.9. The summed E-state index contributed by atoms with van der Waals surface area (Å²) in [5.74, 6) is 0.707. The monoisotopic (exact) mass is 390 g/mol. The van der Waals surface area contributed by atoms with E-state index in [0.717, 1.165) is 45.0 Å². The van der Waals surface area contributed by atoms with Gasteiger partial charge in [0.1, 0.15) is 11.6 Å². The van der Waals surface area contributed by atoms with Crippen LogP contribution in [0.4, 0.5) is 4.39 Å². The van der Waals surface area contributed by atoms with Gasteiger partial charge in [-0.05, 0) is 52.6 Å². The van der Waals surface area contributed by atoms with E-state index in [4.69, 9.17) is 4.74 Å². The second-order valence-electron chi connectivity index (χ2n) is 7.61.